The molecule has 0 aliphatic heterocycles. The Morgan fingerprint density at radius 3 is 1.75 bits per heavy atom. The second-order valence-corrected chi connectivity index (χ2v) is 8.13. The first-order valence-corrected chi connectivity index (χ1v) is 9.50. The molecular formula is C14H13ClF6N2O4S. The minimum Gasteiger partial charge on any atom is -0.344 e. The average Bonchev–Trinajstić information content (AvgIpc) is 2.47. The number of benzene rings is 1. The van der Waals surface area contributed by atoms with Crippen molar-refractivity contribution >= 4 is 37.2 Å². The molecule has 2 amide bonds. The van der Waals surface area contributed by atoms with E-state index in [1.807, 2.05) is 0 Å². The molecule has 0 fully saturated rings. The van der Waals surface area contributed by atoms with Crippen LogP contribution in [0.3, 0.4) is 0 Å². The Balaban J connectivity index is 3.61. The maximum absolute atomic E-state index is 12.6. The molecule has 0 radical (unpaired) electrons. The van der Waals surface area contributed by atoms with E-state index in [4.69, 9.17) is 10.7 Å². The highest BCUT2D eigenvalue weighted by Gasteiger charge is 2.40. The van der Waals surface area contributed by atoms with E-state index in [1.165, 1.54) is 10.6 Å². The molecule has 0 aliphatic rings. The summed E-state index contributed by atoms with van der Waals surface area (Å²) in [7, 11) is 0.738. The van der Waals surface area contributed by atoms with Gasteiger partial charge < -0.3 is 10.6 Å². The van der Waals surface area contributed by atoms with Gasteiger partial charge in [0.2, 0.25) is 0 Å². The number of nitrogens with one attached hydrogen (secondary N) is 2. The SMILES string of the molecule is Cc1c(CNC(=O)C(F)(F)F)c(C)c(S(=O)(=O)Cl)c(C)c1NC(=O)C(F)(F)F. The van der Waals surface area contributed by atoms with Gasteiger partial charge in [-0.2, -0.15) is 26.3 Å². The Morgan fingerprint density at radius 2 is 1.36 bits per heavy atom. The zero-order valence-corrected chi connectivity index (χ0v) is 16.0. The van der Waals surface area contributed by atoms with Gasteiger partial charge in [0.1, 0.15) is 0 Å². The molecule has 1 rings (SSSR count). The largest absolute Gasteiger partial charge is 0.471 e. The van der Waals surface area contributed by atoms with E-state index < -0.39 is 50.3 Å². The number of halogens is 7. The molecule has 0 atom stereocenters. The van der Waals surface area contributed by atoms with Gasteiger partial charge >= 0.3 is 24.2 Å². The normalized spacial score (nSPS) is 12.6. The van der Waals surface area contributed by atoms with Gasteiger partial charge in [-0.15, -0.1) is 0 Å². The summed E-state index contributed by atoms with van der Waals surface area (Å²) >= 11 is 0. The number of alkyl halides is 6. The van der Waals surface area contributed by atoms with Crippen LogP contribution in [-0.2, 0) is 25.2 Å². The number of hydrogen-bond acceptors (Lipinski definition) is 4. The molecule has 0 aromatic heterocycles. The summed E-state index contributed by atoms with van der Waals surface area (Å²) in [5.74, 6) is -4.77. The molecule has 1 aromatic rings. The predicted molar refractivity (Wildman–Crippen MR) is 86.3 cm³/mol. The zero-order valence-electron chi connectivity index (χ0n) is 14.4. The summed E-state index contributed by atoms with van der Waals surface area (Å²) in [6, 6.07) is 0. The van der Waals surface area contributed by atoms with Crippen molar-refractivity contribution in [1.29, 1.82) is 0 Å². The summed E-state index contributed by atoms with van der Waals surface area (Å²) in [5, 5.41) is 2.99. The lowest BCUT2D eigenvalue weighted by Gasteiger charge is -2.22. The molecule has 0 unspecified atom stereocenters. The Bertz CT molecular complexity index is 925. The van der Waals surface area contributed by atoms with Crippen LogP contribution in [0.2, 0.25) is 0 Å². The van der Waals surface area contributed by atoms with Gasteiger partial charge in [-0.1, -0.05) is 0 Å². The number of anilines is 1. The number of carbonyl (C=O) groups is 2. The van der Waals surface area contributed by atoms with Crippen molar-refractivity contribution in [3.05, 3.63) is 22.3 Å². The number of rotatable bonds is 4. The topological polar surface area (TPSA) is 92.3 Å². The fourth-order valence-electron chi connectivity index (χ4n) is 2.52. The molecule has 6 nitrogen and oxygen atoms in total. The fourth-order valence-corrected chi connectivity index (χ4v) is 4.17. The van der Waals surface area contributed by atoms with Gasteiger partial charge in [-0.3, -0.25) is 9.59 Å². The van der Waals surface area contributed by atoms with Gasteiger partial charge in [-0.25, -0.2) is 8.42 Å². The second kappa shape index (κ2) is 7.78. The van der Waals surface area contributed by atoms with E-state index in [2.05, 4.69) is 0 Å². The van der Waals surface area contributed by atoms with E-state index in [1.54, 1.807) is 0 Å². The molecule has 0 saturated heterocycles. The van der Waals surface area contributed by atoms with Crippen molar-refractivity contribution in [3.8, 4) is 0 Å². The van der Waals surface area contributed by atoms with Crippen LogP contribution in [0.4, 0.5) is 32.0 Å². The van der Waals surface area contributed by atoms with Crippen LogP contribution in [0, 0.1) is 20.8 Å². The lowest BCUT2D eigenvalue weighted by Crippen LogP contribution is -2.36. The van der Waals surface area contributed by atoms with E-state index in [0.717, 1.165) is 20.8 Å². The number of amides is 2. The molecule has 14 heteroatoms. The van der Waals surface area contributed by atoms with Crippen LogP contribution in [0.25, 0.3) is 0 Å². The average molecular weight is 455 g/mol. The highest BCUT2D eigenvalue weighted by atomic mass is 35.7. The van der Waals surface area contributed by atoms with Crippen molar-refractivity contribution in [2.75, 3.05) is 5.32 Å². The van der Waals surface area contributed by atoms with Crippen molar-refractivity contribution in [1.82, 2.24) is 5.32 Å². The first-order valence-electron chi connectivity index (χ1n) is 7.19. The third-order valence-corrected chi connectivity index (χ3v) is 5.32. The minimum absolute atomic E-state index is 0.167. The Kier molecular flexibility index (Phi) is 6.67. The molecule has 158 valence electrons. The van der Waals surface area contributed by atoms with Crippen molar-refractivity contribution in [2.45, 2.75) is 44.6 Å². The third kappa shape index (κ3) is 5.28. The number of carbonyl (C=O) groups excluding carboxylic acids is 2. The van der Waals surface area contributed by atoms with Crippen LogP contribution in [0.1, 0.15) is 22.3 Å². The molecule has 0 bridgehead atoms. The van der Waals surface area contributed by atoms with Crippen LogP contribution in [-0.4, -0.2) is 32.6 Å². The molecule has 2 N–H and O–H groups in total. The van der Waals surface area contributed by atoms with Gasteiger partial charge in [0.25, 0.3) is 9.05 Å². The highest BCUT2D eigenvalue weighted by molar-refractivity contribution is 8.13. The van der Waals surface area contributed by atoms with Crippen LogP contribution in [0.15, 0.2) is 4.90 Å². The summed E-state index contributed by atoms with van der Waals surface area (Å²) in [4.78, 5) is 21.6. The van der Waals surface area contributed by atoms with Crippen LogP contribution in [0.5, 0.6) is 0 Å². The summed E-state index contributed by atoms with van der Waals surface area (Å²) in [6.45, 7) is 2.50. The lowest BCUT2D eigenvalue weighted by molar-refractivity contribution is -0.173. The molecule has 1 aromatic carbocycles. The van der Waals surface area contributed by atoms with Gasteiger partial charge in [0, 0.05) is 22.9 Å². The van der Waals surface area contributed by atoms with E-state index in [-0.39, 0.29) is 22.3 Å². The maximum Gasteiger partial charge on any atom is 0.471 e. The second-order valence-electron chi connectivity index (χ2n) is 5.63. The van der Waals surface area contributed by atoms with Gasteiger partial charge in [0.15, 0.2) is 0 Å². The zero-order chi connectivity index (χ0) is 22.2. The van der Waals surface area contributed by atoms with Gasteiger partial charge in [0.05, 0.1) is 4.90 Å². The highest BCUT2D eigenvalue weighted by Crippen LogP contribution is 2.36. The molecule has 0 heterocycles. The lowest BCUT2D eigenvalue weighted by atomic mass is 9.96. The first kappa shape index (κ1) is 24.0. The van der Waals surface area contributed by atoms with Gasteiger partial charge in [-0.05, 0) is 43.0 Å². The Morgan fingerprint density at radius 1 is 0.893 bits per heavy atom. The Hall–Kier alpha value is -2.02. The smallest absolute Gasteiger partial charge is 0.344 e. The quantitative estimate of drug-likeness (QED) is 0.540. The van der Waals surface area contributed by atoms with Crippen molar-refractivity contribution in [3.63, 3.8) is 0 Å². The summed E-state index contributed by atoms with van der Waals surface area (Å²) in [6.07, 6.45) is -10.5. The summed E-state index contributed by atoms with van der Waals surface area (Å²) < 4.78 is 98.4. The standard InChI is InChI=1S/C14H13ClF6N2O4S/c1-5-8(4-22-11(24)13(16,17)18)6(2)10(28(15,26)27)7(3)9(5)23-12(25)14(19,20)21/h4H2,1-3H3,(H,22,24)(H,23,25). The fraction of sp³-hybridized carbons (Fsp3) is 0.429. The van der Waals surface area contributed by atoms with Crippen LogP contribution >= 0.6 is 10.7 Å². The minimum atomic E-state index is -5.31. The Labute approximate surface area is 159 Å². The monoisotopic (exact) mass is 454 g/mol. The number of hydrogen-bond donors (Lipinski definition) is 2. The van der Waals surface area contributed by atoms with Crippen molar-refractivity contribution in [2.24, 2.45) is 0 Å². The summed E-state index contributed by atoms with van der Waals surface area (Å²) in [5.41, 5.74) is -1.53. The molecule has 28 heavy (non-hydrogen) atoms. The van der Waals surface area contributed by atoms with E-state index in [9.17, 15) is 44.3 Å². The first-order chi connectivity index (χ1) is 12.4. The van der Waals surface area contributed by atoms with E-state index in [0.29, 0.717) is 0 Å². The molecular weight excluding hydrogens is 442 g/mol. The van der Waals surface area contributed by atoms with E-state index >= 15 is 0 Å². The predicted octanol–water partition coefficient (Wildman–Crippen LogP) is 3.22. The van der Waals surface area contributed by atoms with Crippen molar-refractivity contribution < 1.29 is 44.3 Å². The maximum atomic E-state index is 12.6. The molecule has 0 saturated carbocycles. The molecule has 0 aliphatic carbocycles. The van der Waals surface area contributed by atoms with Crippen LogP contribution < -0.4 is 10.6 Å². The molecule has 0 spiro atoms. The third-order valence-electron chi connectivity index (χ3n) is 3.76.